The van der Waals surface area contributed by atoms with Gasteiger partial charge in [0.25, 0.3) is 0 Å². The largest absolute Gasteiger partial charge is 0.502 e. The van der Waals surface area contributed by atoms with Crippen LogP contribution in [0.4, 0.5) is 0 Å². The monoisotopic (exact) mass is 232 g/mol. The van der Waals surface area contributed by atoms with E-state index in [1.54, 1.807) is 6.08 Å². The first-order chi connectivity index (χ1) is 8.13. The minimum atomic E-state index is -0.938. The Bertz CT molecular complexity index is 458. The summed E-state index contributed by atoms with van der Waals surface area (Å²) in [6.07, 6.45) is 3.66. The van der Waals surface area contributed by atoms with Crippen LogP contribution in [0.15, 0.2) is 48.2 Å². The number of allylic oxidation sites excluding steroid dienone is 2. The van der Waals surface area contributed by atoms with E-state index in [0.29, 0.717) is 0 Å². The molecule has 1 N–H and O–H groups in total. The van der Waals surface area contributed by atoms with Gasteiger partial charge in [0.15, 0.2) is 5.78 Å². The second-order valence-corrected chi connectivity index (χ2v) is 3.17. The zero-order chi connectivity index (χ0) is 12.7. The lowest BCUT2D eigenvalue weighted by Gasteiger charge is -1.95. The van der Waals surface area contributed by atoms with Gasteiger partial charge in [-0.25, -0.2) is 4.79 Å². The number of hydrogen-bond donors (Lipinski definition) is 1. The average molecular weight is 232 g/mol. The van der Waals surface area contributed by atoms with Crippen LogP contribution in [0.2, 0.25) is 0 Å². The Morgan fingerprint density at radius 3 is 2.47 bits per heavy atom. The highest BCUT2D eigenvalue weighted by molar-refractivity contribution is 6.05. The molecule has 0 spiro atoms. The Morgan fingerprint density at radius 1 is 1.24 bits per heavy atom. The van der Waals surface area contributed by atoms with Crippen molar-refractivity contribution in [3.63, 3.8) is 0 Å². The highest BCUT2D eigenvalue weighted by Crippen LogP contribution is 2.01. The van der Waals surface area contributed by atoms with Crippen molar-refractivity contribution in [1.29, 1.82) is 0 Å². The van der Waals surface area contributed by atoms with Gasteiger partial charge in [-0.05, 0) is 11.6 Å². The summed E-state index contributed by atoms with van der Waals surface area (Å²) in [4.78, 5) is 22.1. The molecule has 0 atom stereocenters. The van der Waals surface area contributed by atoms with Crippen molar-refractivity contribution in [2.75, 3.05) is 7.11 Å². The highest BCUT2D eigenvalue weighted by atomic mass is 16.5. The van der Waals surface area contributed by atoms with E-state index in [-0.39, 0.29) is 0 Å². The van der Waals surface area contributed by atoms with Crippen LogP contribution in [-0.4, -0.2) is 24.0 Å². The lowest BCUT2D eigenvalue weighted by molar-refractivity contribution is -0.139. The molecule has 88 valence electrons. The molecule has 0 aliphatic heterocycles. The Balaban J connectivity index is 2.68. The maximum absolute atomic E-state index is 11.3. The van der Waals surface area contributed by atoms with E-state index < -0.39 is 17.5 Å². The maximum Gasteiger partial charge on any atom is 0.373 e. The lowest BCUT2D eigenvalue weighted by atomic mass is 10.2. The minimum Gasteiger partial charge on any atom is -0.502 e. The van der Waals surface area contributed by atoms with Gasteiger partial charge in [-0.15, -0.1) is 0 Å². The molecule has 4 heteroatoms. The van der Waals surface area contributed by atoms with E-state index in [4.69, 9.17) is 5.11 Å². The second-order valence-electron chi connectivity index (χ2n) is 3.17. The molecule has 17 heavy (non-hydrogen) atoms. The molecular weight excluding hydrogens is 220 g/mol. The van der Waals surface area contributed by atoms with Gasteiger partial charge in [-0.2, -0.15) is 0 Å². The van der Waals surface area contributed by atoms with Gasteiger partial charge in [0.05, 0.1) is 7.11 Å². The number of methoxy groups -OCH3 is 1. The summed E-state index contributed by atoms with van der Waals surface area (Å²) in [6, 6.07) is 9.20. The van der Waals surface area contributed by atoms with Gasteiger partial charge < -0.3 is 9.84 Å². The molecule has 1 rings (SSSR count). The van der Waals surface area contributed by atoms with E-state index in [1.165, 1.54) is 6.08 Å². The van der Waals surface area contributed by atoms with Gasteiger partial charge in [-0.1, -0.05) is 36.4 Å². The van der Waals surface area contributed by atoms with E-state index >= 15 is 0 Å². The Hall–Kier alpha value is -2.36. The molecule has 1 aromatic carbocycles. The fourth-order valence-electron chi connectivity index (χ4n) is 1.09. The van der Waals surface area contributed by atoms with E-state index in [9.17, 15) is 9.59 Å². The van der Waals surface area contributed by atoms with Crippen LogP contribution >= 0.6 is 0 Å². The Kier molecular flexibility index (Phi) is 4.69. The first kappa shape index (κ1) is 12.7. The van der Waals surface area contributed by atoms with Crippen LogP contribution in [0.3, 0.4) is 0 Å². The molecule has 0 unspecified atom stereocenters. The van der Waals surface area contributed by atoms with Crippen molar-refractivity contribution in [1.82, 2.24) is 0 Å². The number of carbonyl (C=O) groups is 2. The highest BCUT2D eigenvalue weighted by Gasteiger charge is 2.07. The zero-order valence-electron chi connectivity index (χ0n) is 9.29. The van der Waals surface area contributed by atoms with Gasteiger partial charge in [0.2, 0.25) is 5.76 Å². The van der Waals surface area contributed by atoms with Crippen molar-refractivity contribution in [3.05, 3.63) is 53.8 Å². The summed E-state index contributed by atoms with van der Waals surface area (Å²) in [6.45, 7) is 0. The number of benzene rings is 1. The molecule has 0 heterocycles. The summed E-state index contributed by atoms with van der Waals surface area (Å²) < 4.78 is 4.24. The van der Waals surface area contributed by atoms with E-state index in [1.807, 2.05) is 30.3 Å². The standard InChI is InChI=1S/C13H12O4/c1-17-13(16)12(15)9-11(14)8-7-10-5-3-2-4-6-10/h2-9,15H,1H3/b8-7+,12-9?. The third-order valence-corrected chi connectivity index (χ3v) is 1.91. The van der Waals surface area contributed by atoms with Crippen LogP contribution < -0.4 is 0 Å². The summed E-state index contributed by atoms with van der Waals surface area (Å²) in [7, 11) is 1.12. The van der Waals surface area contributed by atoms with Gasteiger partial charge in [0, 0.05) is 6.08 Å². The van der Waals surface area contributed by atoms with Crippen LogP contribution in [0.25, 0.3) is 6.08 Å². The van der Waals surface area contributed by atoms with Gasteiger partial charge in [0.1, 0.15) is 0 Å². The van der Waals surface area contributed by atoms with Crippen molar-refractivity contribution in [2.24, 2.45) is 0 Å². The van der Waals surface area contributed by atoms with Crippen LogP contribution in [0, 0.1) is 0 Å². The number of ether oxygens (including phenoxy) is 1. The van der Waals surface area contributed by atoms with Crippen molar-refractivity contribution in [3.8, 4) is 0 Å². The molecule has 0 aliphatic carbocycles. The summed E-state index contributed by atoms with van der Waals surface area (Å²) in [5.41, 5.74) is 0.854. The lowest BCUT2D eigenvalue weighted by Crippen LogP contribution is -2.05. The SMILES string of the molecule is COC(=O)C(O)=CC(=O)/C=C/c1ccccc1. The molecule has 0 saturated heterocycles. The van der Waals surface area contributed by atoms with Crippen LogP contribution in [0.1, 0.15) is 5.56 Å². The van der Waals surface area contributed by atoms with Crippen LogP contribution in [0.5, 0.6) is 0 Å². The van der Waals surface area contributed by atoms with Crippen molar-refractivity contribution >= 4 is 17.8 Å². The third-order valence-electron chi connectivity index (χ3n) is 1.91. The molecule has 0 aromatic heterocycles. The van der Waals surface area contributed by atoms with Gasteiger partial charge in [-0.3, -0.25) is 4.79 Å². The number of rotatable bonds is 4. The van der Waals surface area contributed by atoms with E-state index in [2.05, 4.69) is 4.74 Å². The molecule has 0 radical (unpaired) electrons. The summed E-state index contributed by atoms with van der Waals surface area (Å²) in [5, 5.41) is 9.12. The predicted molar refractivity (Wildman–Crippen MR) is 63.2 cm³/mol. The molecule has 0 fully saturated rings. The summed E-state index contributed by atoms with van der Waals surface area (Å²) in [5.74, 6) is -2.14. The number of carbonyl (C=O) groups excluding carboxylic acids is 2. The smallest absolute Gasteiger partial charge is 0.373 e. The Labute approximate surface area is 98.8 Å². The quantitative estimate of drug-likeness (QED) is 0.489. The molecule has 0 aliphatic rings. The fraction of sp³-hybridized carbons (Fsp3) is 0.0769. The van der Waals surface area contributed by atoms with Crippen molar-refractivity contribution < 1.29 is 19.4 Å². The zero-order valence-corrected chi connectivity index (χ0v) is 9.29. The maximum atomic E-state index is 11.3. The number of ketones is 1. The number of esters is 1. The summed E-state index contributed by atoms with van der Waals surface area (Å²) >= 11 is 0. The Morgan fingerprint density at radius 2 is 1.88 bits per heavy atom. The average Bonchev–Trinajstić information content (AvgIpc) is 2.36. The van der Waals surface area contributed by atoms with Crippen LogP contribution in [-0.2, 0) is 14.3 Å². The second kappa shape index (κ2) is 6.27. The number of hydrogen-bond acceptors (Lipinski definition) is 4. The van der Waals surface area contributed by atoms with Crippen molar-refractivity contribution in [2.45, 2.75) is 0 Å². The normalized spacial score (nSPS) is 11.5. The fourth-order valence-corrected chi connectivity index (χ4v) is 1.09. The number of aliphatic hydroxyl groups is 1. The molecule has 0 bridgehead atoms. The third kappa shape index (κ3) is 4.34. The molecule has 0 saturated carbocycles. The molecule has 0 amide bonds. The minimum absolute atomic E-state index is 0.489. The first-order valence-corrected chi connectivity index (χ1v) is 4.89. The van der Waals surface area contributed by atoms with Gasteiger partial charge >= 0.3 is 5.97 Å². The topological polar surface area (TPSA) is 63.6 Å². The molecule has 4 nitrogen and oxygen atoms in total. The van der Waals surface area contributed by atoms with E-state index in [0.717, 1.165) is 18.7 Å². The molecular formula is C13H12O4. The predicted octanol–water partition coefficient (Wildman–Crippen LogP) is 1.88. The number of aliphatic hydroxyl groups excluding tert-OH is 1. The first-order valence-electron chi connectivity index (χ1n) is 4.89. The molecule has 1 aromatic rings.